The summed E-state index contributed by atoms with van der Waals surface area (Å²) in [5, 5.41) is 14.4. The molecule has 1 atom stereocenters. The van der Waals surface area contributed by atoms with E-state index in [9.17, 15) is 24.0 Å². The fourth-order valence-electron chi connectivity index (χ4n) is 3.58. The highest BCUT2D eigenvalue weighted by Gasteiger charge is 2.51. The molecule has 26 heavy (non-hydrogen) atoms. The lowest BCUT2D eigenvalue weighted by molar-refractivity contribution is -0.135. The van der Waals surface area contributed by atoms with Gasteiger partial charge in [-0.25, -0.2) is 9.18 Å². The van der Waals surface area contributed by atoms with Crippen LogP contribution in [0.25, 0.3) is 0 Å². The van der Waals surface area contributed by atoms with Gasteiger partial charge in [-0.15, -0.1) is 0 Å². The van der Waals surface area contributed by atoms with Crippen molar-refractivity contribution in [2.24, 2.45) is 0 Å². The monoisotopic (exact) mass is 358 g/mol. The van der Waals surface area contributed by atoms with E-state index >= 15 is 0 Å². The summed E-state index contributed by atoms with van der Waals surface area (Å²) < 4.78 is 14.1. The predicted molar refractivity (Wildman–Crippen MR) is 89.0 cm³/mol. The van der Waals surface area contributed by atoms with Crippen molar-refractivity contribution in [2.75, 3.05) is 6.54 Å². The molecule has 0 aromatic heterocycles. The maximum Gasteiger partial charge on any atom is 0.325 e. The van der Waals surface area contributed by atoms with Crippen LogP contribution in [0.3, 0.4) is 0 Å². The molecule has 1 saturated heterocycles. The first-order chi connectivity index (χ1) is 12.3. The van der Waals surface area contributed by atoms with E-state index in [0.717, 1.165) is 17.7 Å². The normalized spacial score (nSPS) is 24.3. The Bertz CT molecular complexity index is 813. The van der Waals surface area contributed by atoms with Crippen molar-refractivity contribution in [1.82, 2.24) is 15.5 Å². The molecule has 136 valence electrons. The number of rotatable bonds is 4. The summed E-state index contributed by atoms with van der Waals surface area (Å²) in [6.45, 7) is 0.884. The Morgan fingerprint density at radius 3 is 2.62 bits per heavy atom. The number of urea groups is 1. The highest BCUT2D eigenvalue weighted by Crippen LogP contribution is 2.31. The number of imide groups is 1. The molecule has 2 aliphatic rings. The fourth-order valence-corrected chi connectivity index (χ4v) is 3.58. The van der Waals surface area contributed by atoms with Crippen LogP contribution in [0, 0.1) is 17.1 Å². The lowest BCUT2D eigenvalue weighted by atomic mass is 9.91. The van der Waals surface area contributed by atoms with E-state index < -0.39 is 41.3 Å². The maximum absolute atomic E-state index is 14.1. The highest BCUT2D eigenvalue weighted by atomic mass is 19.1. The molecule has 1 aromatic rings. The highest BCUT2D eigenvalue weighted by molar-refractivity contribution is 6.09. The quantitative estimate of drug-likeness (QED) is 0.797. The third-order valence-electron chi connectivity index (χ3n) is 5.04. The fraction of sp³-hybridized carbons (Fsp3) is 0.444. The number of nitrogens with one attached hydrogen (secondary N) is 2. The van der Waals surface area contributed by atoms with Crippen molar-refractivity contribution >= 4 is 17.8 Å². The van der Waals surface area contributed by atoms with Crippen LogP contribution in [0.15, 0.2) is 24.3 Å². The minimum Gasteiger partial charge on any atom is -0.336 e. The second kappa shape index (κ2) is 6.41. The van der Waals surface area contributed by atoms with Crippen LogP contribution in [0.5, 0.6) is 0 Å². The van der Waals surface area contributed by atoms with E-state index in [-0.39, 0.29) is 5.56 Å². The van der Waals surface area contributed by atoms with E-state index in [1.54, 1.807) is 6.07 Å². The molecule has 1 saturated carbocycles. The Morgan fingerprint density at radius 1 is 1.35 bits per heavy atom. The zero-order chi connectivity index (χ0) is 18.9. The molecular formula is C18H19FN4O3. The zero-order valence-electron chi connectivity index (χ0n) is 14.3. The number of carbonyl (C=O) groups is 3. The van der Waals surface area contributed by atoms with Gasteiger partial charge >= 0.3 is 6.03 Å². The number of nitrogens with zero attached hydrogens (tertiary/aromatic N) is 2. The molecule has 2 fully saturated rings. The van der Waals surface area contributed by atoms with E-state index in [0.29, 0.717) is 12.8 Å². The Kier molecular flexibility index (Phi) is 4.40. The molecule has 0 bridgehead atoms. The van der Waals surface area contributed by atoms with Crippen molar-refractivity contribution in [1.29, 1.82) is 5.26 Å². The topological polar surface area (TPSA) is 102 Å². The summed E-state index contributed by atoms with van der Waals surface area (Å²) >= 11 is 0. The van der Waals surface area contributed by atoms with Crippen molar-refractivity contribution in [3.05, 3.63) is 35.6 Å². The number of benzene rings is 1. The van der Waals surface area contributed by atoms with Gasteiger partial charge in [0.05, 0.1) is 6.07 Å². The van der Waals surface area contributed by atoms with Crippen molar-refractivity contribution in [2.45, 2.75) is 43.7 Å². The summed E-state index contributed by atoms with van der Waals surface area (Å²) in [4.78, 5) is 38.0. The SMILES string of the molecule is C[C@@]1(c2ccccc2F)NC(=O)N(CC(=O)NC2(C#N)CCCC2)C1=O. The molecule has 1 aliphatic carbocycles. The molecule has 1 aromatic carbocycles. The van der Waals surface area contributed by atoms with E-state index in [1.165, 1.54) is 25.1 Å². The third kappa shape index (κ3) is 2.90. The predicted octanol–water partition coefficient (Wildman–Crippen LogP) is 1.55. The van der Waals surface area contributed by atoms with E-state index in [1.807, 2.05) is 0 Å². The average Bonchev–Trinajstić information content (AvgIpc) is 3.15. The van der Waals surface area contributed by atoms with Gasteiger partial charge in [-0.05, 0) is 38.7 Å². The number of nitriles is 1. The van der Waals surface area contributed by atoms with Crippen LogP contribution in [-0.4, -0.2) is 34.8 Å². The van der Waals surface area contributed by atoms with Gasteiger partial charge in [-0.3, -0.25) is 14.5 Å². The molecule has 2 N–H and O–H groups in total. The summed E-state index contributed by atoms with van der Waals surface area (Å²) in [7, 11) is 0. The minimum atomic E-state index is -1.58. The van der Waals surface area contributed by atoms with E-state index in [2.05, 4.69) is 16.7 Å². The largest absolute Gasteiger partial charge is 0.336 e. The van der Waals surface area contributed by atoms with Gasteiger partial charge in [0.15, 0.2) is 0 Å². The van der Waals surface area contributed by atoms with Crippen LogP contribution in [-0.2, 0) is 15.1 Å². The lowest BCUT2D eigenvalue weighted by Gasteiger charge is -2.24. The van der Waals surface area contributed by atoms with Gasteiger partial charge < -0.3 is 10.6 Å². The summed E-state index contributed by atoms with van der Waals surface area (Å²) in [6.07, 6.45) is 2.76. The van der Waals surface area contributed by atoms with Crippen molar-refractivity contribution in [3.63, 3.8) is 0 Å². The molecule has 0 spiro atoms. The second-order valence-corrected chi connectivity index (χ2v) is 6.88. The molecule has 8 heteroatoms. The Balaban J connectivity index is 1.77. The molecule has 0 unspecified atom stereocenters. The molecule has 0 radical (unpaired) electrons. The summed E-state index contributed by atoms with van der Waals surface area (Å²) in [5.74, 6) is -1.92. The molecular weight excluding hydrogens is 339 g/mol. The molecule has 7 nitrogen and oxygen atoms in total. The van der Waals surface area contributed by atoms with Crippen molar-refractivity contribution < 1.29 is 18.8 Å². The number of hydrogen-bond acceptors (Lipinski definition) is 4. The van der Waals surface area contributed by atoms with Crippen LogP contribution in [0.4, 0.5) is 9.18 Å². The number of carbonyl (C=O) groups excluding carboxylic acids is 3. The Morgan fingerprint density at radius 2 is 2.00 bits per heavy atom. The average molecular weight is 358 g/mol. The van der Waals surface area contributed by atoms with Crippen molar-refractivity contribution in [3.8, 4) is 6.07 Å². The molecule has 4 amide bonds. The van der Waals surface area contributed by atoms with Crippen LogP contribution >= 0.6 is 0 Å². The molecule has 1 heterocycles. The first-order valence-corrected chi connectivity index (χ1v) is 8.43. The number of amides is 4. The smallest absolute Gasteiger partial charge is 0.325 e. The van der Waals surface area contributed by atoms with Gasteiger partial charge in [0.25, 0.3) is 5.91 Å². The summed E-state index contributed by atoms with van der Waals surface area (Å²) in [6, 6.07) is 7.02. The maximum atomic E-state index is 14.1. The lowest BCUT2D eigenvalue weighted by Crippen LogP contribution is -2.50. The zero-order valence-corrected chi connectivity index (χ0v) is 14.3. The van der Waals surface area contributed by atoms with Crippen LogP contribution in [0.1, 0.15) is 38.2 Å². The van der Waals surface area contributed by atoms with Gasteiger partial charge in [-0.1, -0.05) is 18.2 Å². The van der Waals surface area contributed by atoms with Gasteiger partial charge in [0.2, 0.25) is 5.91 Å². The molecule has 1 aliphatic heterocycles. The van der Waals surface area contributed by atoms with Gasteiger partial charge in [-0.2, -0.15) is 5.26 Å². The van der Waals surface area contributed by atoms with Crippen LogP contribution in [0.2, 0.25) is 0 Å². The first-order valence-electron chi connectivity index (χ1n) is 8.43. The number of halogens is 1. The van der Waals surface area contributed by atoms with Gasteiger partial charge in [0.1, 0.15) is 23.4 Å². The first kappa shape index (κ1) is 17.9. The Hall–Kier alpha value is -2.95. The van der Waals surface area contributed by atoms with E-state index in [4.69, 9.17) is 0 Å². The van der Waals surface area contributed by atoms with Gasteiger partial charge in [0, 0.05) is 5.56 Å². The minimum absolute atomic E-state index is 0.0329. The third-order valence-corrected chi connectivity index (χ3v) is 5.04. The standard InChI is InChI=1S/C18H19FN4O3/c1-17(12-6-2-3-7-13(12)19)15(25)23(16(26)22-17)10-14(24)21-18(11-20)8-4-5-9-18/h2-3,6-7H,4-5,8-10H2,1H3,(H,21,24)(H,22,26)/t17-/m0/s1. The Labute approximate surface area is 150 Å². The molecule has 3 rings (SSSR count). The number of hydrogen-bond donors (Lipinski definition) is 2. The van der Waals surface area contributed by atoms with Crippen LogP contribution < -0.4 is 10.6 Å². The second-order valence-electron chi connectivity index (χ2n) is 6.88. The summed E-state index contributed by atoms with van der Waals surface area (Å²) in [5.41, 5.74) is -2.49.